The third kappa shape index (κ3) is 6.32. The maximum Gasteiger partial charge on any atom is 0.264 e. The number of carbonyl (C=O) groups is 1. The van der Waals surface area contributed by atoms with Crippen molar-refractivity contribution in [2.75, 3.05) is 10.8 Å². The molecule has 0 saturated carbocycles. The van der Waals surface area contributed by atoms with Crippen molar-refractivity contribution in [2.24, 2.45) is 5.10 Å². The number of hydrazone groups is 1. The van der Waals surface area contributed by atoms with Crippen LogP contribution in [0.1, 0.15) is 38.3 Å². The minimum absolute atomic E-state index is 0.118. The number of hydrogen-bond donors (Lipinski definition) is 1. The Labute approximate surface area is 202 Å². The third-order valence-electron chi connectivity index (χ3n) is 5.56. The van der Waals surface area contributed by atoms with Gasteiger partial charge in [0, 0.05) is 5.71 Å². The van der Waals surface area contributed by atoms with Gasteiger partial charge in [0.25, 0.3) is 15.9 Å². The Bertz CT molecular complexity index is 1240. The molecule has 0 aromatic heterocycles. The smallest absolute Gasteiger partial charge is 0.264 e. The summed E-state index contributed by atoms with van der Waals surface area (Å²) < 4.78 is 27.8. The molecule has 34 heavy (non-hydrogen) atoms. The molecule has 0 fully saturated rings. The van der Waals surface area contributed by atoms with Gasteiger partial charge < -0.3 is 0 Å². The van der Waals surface area contributed by atoms with E-state index in [0.717, 1.165) is 15.6 Å². The van der Waals surface area contributed by atoms with Crippen LogP contribution in [0.3, 0.4) is 0 Å². The van der Waals surface area contributed by atoms with Crippen LogP contribution in [-0.4, -0.2) is 26.6 Å². The minimum Gasteiger partial charge on any atom is -0.271 e. The van der Waals surface area contributed by atoms with Crippen LogP contribution < -0.4 is 9.73 Å². The molecule has 178 valence electrons. The van der Waals surface area contributed by atoms with Crippen molar-refractivity contribution in [3.8, 4) is 0 Å². The molecule has 0 spiro atoms. The highest BCUT2D eigenvalue weighted by Crippen LogP contribution is 2.27. The van der Waals surface area contributed by atoms with Crippen LogP contribution >= 0.6 is 0 Å². The Balaban J connectivity index is 1.77. The van der Waals surface area contributed by atoms with Crippen LogP contribution in [0, 0.1) is 6.92 Å². The number of benzene rings is 3. The van der Waals surface area contributed by atoms with Crippen molar-refractivity contribution < 1.29 is 13.2 Å². The van der Waals surface area contributed by atoms with Crippen LogP contribution in [0.2, 0.25) is 0 Å². The normalized spacial score (nSPS) is 12.3. The highest BCUT2D eigenvalue weighted by atomic mass is 32.2. The largest absolute Gasteiger partial charge is 0.271 e. The highest BCUT2D eigenvalue weighted by Gasteiger charge is 2.27. The summed E-state index contributed by atoms with van der Waals surface area (Å²) >= 11 is 0. The Morgan fingerprint density at radius 3 is 2.06 bits per heavy atom. The van der Waals surface area contributed by atoms with Crippen molar-refractivity contribution >= 4 is 27.3 Å². The lowest BCUT2D eigenvalue weighted by atomic mass is 9.80. The molecule has 0 unspecified atom stereocenters. The number of amides is 1. The molecule has 0 atom stereocenters. The van der Waals surface area contributed by atoms with Crippen molar-refractivity contribution in [2.45, 2.75) is 44.4 Å². The van der Waals surface area contributed by atoms with Gasteiger partial charge in [-0.3, -0.25) is 9.10 Å². The average Bonchev–Trinajstić information content (AvgIpc) is 2.83. The Morgan fingerprint density at radius 1 is 0.912 bits per heavy atom. The van der Waals surface area contributed by atoms with Crippen LogP contribution in [0.25, 0.3) is 0 Å². The Morgan fingerprint density at radius 2 is 1.47 bits per heavy atom. The first-order valence-corrected chi connectivity index (χ1v) is 12.6. The monoisotopic (exact) mass is 477 g/mol. The molecule has 0 bridgehead atoms. The van der Waals surface area contributed by atoms with Crippen molar-refractivity contribution in [3.63, 3.8) is 0 Å². The molecule has 7 heteroatoms. The summed E-state index contributed by atoms with van der Waals surface area (Å²) in [5.41, 5.74) is 5.70. The van der Waals surface area contributed by atoms with Crippen LogP contribution in [0.15, 0.2) is 94.9 Å². The van der Waals surface area contributed by atoms with E-state index in [-0.39, 0.29) is 16.9 Å². The second-order valence-corrected chi connectivity index (χ2v) is 10.8. The number of hydrogen-bond acceptors (Lipinski definition) is 4. The van der Waals surface area contributed by atoms with Crippen molar-refractivity contribution in [3.05, 3.63) is 96.1 Å². The zero-order valence-corrected chi connectivity index (χ0v) is 20.8. The Hall–Kier alpha value is -3.45. The predicted octanol–water partition coefficient (Wildman–Crippen LogP) is 5.05. The summed E-state index contributed by atoms with van der Waals surface area (Å²) in [5, 5.41) is 4.25. The second-order valence-electron chi connectivity index (χ2n) is 8.97. The van der Waals surface area contributed by atoms with Gasteiger partial charge in [0.05, 0.1) is 10.6 Å². The molecule has 1 N–H and O–H groups in total. The van der Waals surface area contributed by atoms with Gasteiger partial charge in [0.15, 0.2) is 0 Å². The lowest BCUT2D eigenvalue weighted by Crippen LogP contribution is -2.39. The summed E-state index contributed by atoms with van der Waals surface area (Å²) in [6, 6.07) is 25.2. The molecule has 0 aliphatic carbocycles. The van der Waals surface area contributed by atoms with Gasteiger partial charge in [-0.2, -0.15) is 5.10 Å². The van der Waals surface area contributed by atoms with Crippen LogP contribution in [0.5, 0.6) is 0 Å². The van der Waals surface area contributed by atoms with Gasteiger partial charge in [-0.1, -0.05) is 80.1 Å². The first-order chi connectivity index (χ1) is 16.1. The highest BCUT2D eigenvalue weighted by molar-refractivity contribution is 7.92. The maximum atomic E-state index is 13.3. The van der Waals surface area contributed by atoms with Gasteiger partial charge in [-0.05, 0) is 55.5 Å². The number of aryl methyl sites for hydroxylation is 1. The molecule has 0 radical (unpaired) electrons. The van der Waals surface area contributed by atoms with Crippen molar-refractivity contribution in [1.82, 2.24) is 5.43 Å². The van der Waals surface area contributed by atoms with Crippen LogP contribution in [-0.2, 0) is 20.2 Å². The summed E-state index contributed by atoms with van der Waals surface area (Å²) in [4.78, 5) is 12.9. The summed E-state index contributed by atoms with van der Waals surface area (Å²) in [5.74, 6) is -0.517. The molecule has 3 rings (SSSR count). The Kier molecular flexibility index (Phi) is 7.89. The van der Waals surface area contributed by atoms with Gasteiger partial charge >= 0.3 is 0 Å². The number of rotatable bonds is 9. The van der Waals surface area contributed by atoms with E-state index in [9.17, 15) is 13.2 Å². The maximum absolute atomic E-state index is 13.3. The van der Waals surface area contributed by atoms with Crippen molar-refractivity contribution in [1.29, 1.82) is 0 Å². The molecule has 3 aromatic rings. The van der Waals surface area contributed by atoms with Crippen LogP contribution in [0.4, 0.5) is 5.69 Å². The van der Waals surface area contributed by atoms with E-state index < -0.39 is 15.9 Å². The van der Waals surface area contributed by atoms with Gasteiger partial charge in [0.1, 0.15) is 6.54 Å². The standard InChI is InChI=1S/C27H31N3O3S/c1-21-15-17-24(18-16-21)30(34(32,33)25-13-9-6-10-14-25)20-26(31)29-28-22(2)19-27(3,4)23-11-7-5-8-12-23/h5-18H,19-20H2,1-4H3,(H,29,31)/b28-22-. The average molecular weight is 478 g/mol. The molecular weight excluding hydrogens is 446 g/mol. The third-order valence-corrected chi connectivity index (χ3v) is 7.35. The topological polar surface area (TPSA) is 78.8 Å². The molecule has 3 aromatic carbocycles. The SMILES string of the molecule is C/C(CC(C)(C)c1ccccc1)=N/NC(=O)CN(c1ccc(C)cc1)S(=O)(=O)c1ccccc1. The van der Waals surface area contributed by atoms with E-state index in [4.69, 9.17) is 0 Å². The molecule has 0 aliphatic rings. The molecule has 0 heterocycles. The van der Waals surface area contributed by atoms with E-state index in [0.29, 0.717) is 12.1 Å². The summed E-state index contributed by atoms with van der Waals surface area (Å²) in [6.07, 6.45) is 0.640. The fourth-order valence-corrected chi connectivity index (χ4v) is 5.18. The first kappa shape index (κ1) is 25.2. The number of nitrogens with one attached hydrogen (secondary N) is 1. The molecule has 0 saturated heterocycles. The number of nitrogens with zero attached hydrogens (tertiary/aromatic N) is 2. The number of anilines is 1. The first-order valence-electron chi connectivity index (χ1n) is 11.1. The molecule has 0 aliphatic heterocycles. The minimum atomic E-state index is -3.94. The zero-order chi connectivity index (χ0) is 24.8. The van der Waals surface area contributed by atoms with Gasteiger partial charge in [0.2, 0.25) is 0 Å². The summed E-state index contributed by atoms with van der Waals surface area (Å²) in [7, 11) is -3.94. The molecule has 6 nitrogen and oxygen atoms in total. The van der Waals surface area contributed by atoms with E-state index in [2.05, 4.69) is 36.5 Å². The van der Waals surface area contributed by atoms with Gasteiger partial charge in [-0.15, -0.1) is 0 Å². The zero-order valence-electron chi connectivity index (χ0n) is 20.0. The number of sulfonamides is 1. The van der Waals surface area contributed by atoms with E-state index in [1.165, 1.54) is 17.7 Å². The van der Waals surface area contributed by atoms with E-state index in [1.54, 1.807) is 30.3 Å². The fourth-order valence-electron chi connectivity index (χ4n) is 3.74. The predicted molar refractivity (Wildman–Crippen MR) is 137 cm³/mol. The lowest BCUT2D eigenvalue weighted by molar-refractivity contribution is -0.119. The molecule has 1 amide bonds. The second kappa shape index (κ2) is 10.7. The quantitative estimate of drug-likeness (QED) is 0.346. The summed E-state index contributed by atoms with van der Waals surface area (Å²) in [6.45, 7) is 7.62. The number of carbonyl (C=O) groups excluding carboxylic acids is 1. The van der Waals surface area contributed by atoms with E-state index in [1.807, 2.05) is 44.2 Å². The van der Waals surface area contributed by atoms with Gasteiger partial charge in [-0.25, -0.2) is 13.8 Å². The van der Waals surface area contributed by atoms with E-state index >= 15 is 0 Å². The lowest BCUT2D eigenvalue weighted by Gasteiger charge is -2.25. The molecular formula is C27H31N3O3S. The fraction of sp³-hybridized carbons (Fsp3) is 0.259.